The first kappa shape index (κ1) is 14.4. The Morgan fingerprint density at radius 3 is 2.12 bits per heavy atom. The van der Waals surface area contributed by atoms with E-state index in [1.165, 1.54) is 22.3 Å². The van der Waals surface area contributed by atoms with Gasteiger partial charge in [-0.2, -0.15) is 0 Å². The quantitative estimate of drug-likeness (QED) is 0.549. The maximum Gasteiger partial charge on any atom is 0.0949 e. The highest BCUT2D eigenvalue weighted by Crippen LogP contribution is 2.34. The topological polar surface area (TPSA) is 30.7 Å². The highest BCUT2D eigenvalue weighted by molar-refractivity contribution is 5.84. The normalized spacial score (nSPS) is 10.7. The molecule has 0 atom stereocenters. The van der Waals surface area contributed by atoms with Crippen LogP contribution in [0.3, 0.4) is 0 Å². The molecule has 2 aromatic carbocycles. The number of hydrogen-bond acceptors (Lipinski definition) is 2. The van der Waals surface area contributed by atoms with Crippen LogP contribution in [0.5, 0.6) is 0 Å². The fourth-order valence-corrected chi connectivity index (χ4v) is 2.96. The first-order chi connectivity index (χ1) is 11.9. The van der Waals surface area contributed by atoms with E-state index < -0.39 is 0 Å². The van der Waals surface area contributed by atoms with Crippen LogP contribution >= 0.6 is 0 Å². The van der Waals surface area contributed by atoms with Crippen LogP contribution in [0.2, 0.25) is 0 Å². The summed E-state index contributed by atoms with van der Waals surface area (Å²) in [6.07, 6.45) is 7.47. The number of benzene rings is 2. The zero-order valence-corrected chi connectivity index (χ0v) is 13.2. The van der Waals surface area contributed by atoms with Crippen molar-refractivity contribution in [1.29, 1.82) is 0 Å². The Kier molecular flexibility index (Phi) is 3.90. The zero-order valence-electron chi connectivity index (χ0n) is 13.2. The molecule has 0 saturated heterocycles. The van der Waals surface area contributed by atoms with Crippen LogP contribution in [-0.4, -0.2) is 14.5 Å². The van der Waals surface area contributed by atoms with Gasteiger partial charge in [0.05, 0.1) is 18.6 Å². The summed E-state index contributed by atoms with van der Waals surface area (Å²) in [7, 11) is 0. The summed E-state index contributed by atoms with van der Waals surface area (Å²) in [5, 5.41) is 0. The van der Waals surface area contributed by atoms with Crippen LogP contribution in [0.1, 0.15) is 5.69 Å². The third kappa shape index (κ3) is 2.84. The van der Waals surface area contributed by atoms with Gasteiger partial charge >= 0.3 is 0 Å². The molecule has 4 aromatic rings. The summed E-state index contributed by atoms with van der Waals surface area (Å²) in [5.74, 6) is 0. The van der Waals surface area contributed by atoms with Crippen molar-refractivity contribution < 1.29 is 0 Å². The lowest BCUT2D eigenvalue weighted by Gasteiger charge is -2.15. The van der Waals surface area contributed by atoms with Crippen LogP contribution in [0.25, 0.3) is 22.3 Å². The second kappa shape index (κ2) is 6.50. The first-order valence-corrected chi connectivity index (χ1v) is 7.96. The van der Waals surface area contributed by atoms with Gasteiger partial charge < -0.3 is 4.57 Å². The summed E-state index contributed by atoms with van der Waals surface area (Å²) >= 11 is 0. The number of hydrogen-bond donors (Lipinski definition) is 0. The average molecular weight is 311 g/mol. The molecule has 0 fully saturated rings. The van der Waals surface area contributed by atoms with Crippen LogP contribution in [0, 0.1) is 0 Å². The largest absolute Gasteiger partial charge is 0.331 e. The predicted molar refractivity (Wildman–Crippen MR) is 96.4 cm³/mol. The summed E-state index contributed by atoms with van der Waals surface area (Å²) in [6.45, 7) is 0.699. The standard InChI is InChI=1S/C21H17N3/c1-3-7-17(8-4-1)19-11-12-23-20(15-24-14-13-22-16-24)21(19)18-9-5-2-6-10-18/h1-14,16H,15H2. The number of imidazole rings is 1. The van der Waals surface area contributed by atoms with Gasteiger partial charge in [0, 0.05) is 24.2 Å². The van der Waals surface area contributed by atoms with Gasteiger partial charge in [0.1, 0.15) is 0 Å². The fourth-order valence-electron chi connectivity index (χ4n) is 2.96. The van der Waals surface area contributed by atoms with Gasteiger partial charge in [-0.1, -0.05) is 60.7 Å². The minimum Gasteiger partial charge on any atom is -0.331 e. The molecular formula is C21H17N3. The molecule has 0 unspecified atom stereocenters. The lowest BCUT2D eigenvalue weighted by molar-refractivity contribution is 0.775. The van der Waals surface area contributed by atoms with E-state index in [0.717, 1.165) is 5.69 Å². The van der Waals surface area contributed by atoms with E-state index in [9.17, 15) is 0 Å². The molecule has 0 aliphatic heterocycles. The molecule has 3 heteroatoms. The maximum atomic E-state index is 4.67. The molecule has 2 heterocycles. The van der Waals surface area contributed by atoms with E-state index in [1.54, 1.807) is 6.20 Å². The van der Waals surface area contributed by atoms with Crippen LogP contribution in [0.4, 0.5) is 0 Å². The minimum absolute atomic E-state index is 0.699. The lowest BCUT2D eigenvalue weighted by Crippen LogP contribution is -2.03. The molecule has 2 aromatic heterocycles. The molecule has 0 saturated carbocycles. The van der Waals surface area contributed by atoms with Gasteiger partial charge in [0.25, 0.3) is 0 Å². The van der Waals surface area contributed by atoms with Crippen molar-refractivity contribution in [1.82, 2.24) is 14.5 Å². The van der Waals surface area contributed by atoms with E-state index >= 15 is 0 Å². The third-order valence-electron chi connectivity index (χ3n) is 4.07. The Balaban J connectivity index is 1.91. The van der Waals surface area contributed by atoms with Gasteiger partial charge in [-0.15, -0.1) is 0 Å². The van der Waals surface area contributed by atoms with Crippen molar-refractivity contribution in [2.24, 2.45) is 0 Å². The Morgan fingerprint density at radius 1 is 0.750 bits per heavy atom. The molecular weight excluding hydrogens is 294 g/mol. The number of aromatic nitrogens is 3. The number of rotatable bonds is 4. The fraction of sp³-hybridized carbons (Fsp3) is 0.0476. The van der Waals surface area contributed by atoms with E-state index in [2.05, 4.69) is 64.6 Å². The molecule has 0 N–H and O–H groups in total. The molecule has 24 heavy (non-hydrogen) atoms. The first-order valence-electron chi connectivity index (χ1n) is 7.96. The summed E-state index contributed by atoms with van der Waals surface area (Å²) < 4.78 is 2.05. The van der Waals surface area contributed by atoms with Gasteiger partial charge in [-0.25, -0.2) is 4.98 Å². The average Bonchev–Trinajstić information content (AvgIpc) is 3.16. The molecule has 0 spiro atoms. The molecule has 0 radical (unpaired) electrons. The highest BCUT2D eigenvalue weighted by atomic mass is 15.0. The molecule has 0 aliphatic carbocycles. The summed E-state index contributed by atoms with van der Waals surface area (Å²) in [4.78, 5) is 8.80. The van der Waals surface area contributed by atoms with Gasteiger partial charge in [0.15, 0.2) is 0 Å². The minimum atomic E-state index is 0.699. The van der Waals surface area contributed by atoms with E-state index in [-0.39, 0.29) is 0 Å². The van der Waals surface area contributed by atoms with Crippen molar-refractivity contribution in [3.05, 3.63) is 97.3 Å². The molecule has 3 nitrogen and oxygen atoms in total. The van der Waals surface area contributed by atoms with Crippen molar-refractivity contribution in [3.8, 4) is 22.3 Å². The number of nitrogens with zero attached hydrogens (tertiary/aromatic N) is 3. The summed E-state index contributed by atoms with van der Waals surface area (Å²) in [6, 6.07) is 23.0. The van der Waals surface area contributed by atoms with Crippen LogP contribution in [0.15, 0.2) is 91.6 Å². The van der Waals surface area contributed by atoms with E-state index in [1.807, 2.05) is 35.4 Å². The molecule has 0 amide bonds. The Labute approximate surface area is 141 Å². The van der Waals surface area contributed by atoms with Gasteiger partial charge in [0.2, 0.25) is 0 Å². The lowest BCUT2D eigenvalue weighted by atomic mass is 9.93. The molecule has 0 aliphatic rings. The maximum absolute atomic E-state index is 4.67. The highest BCUT2D eigenvalue weighted by Gasteiger charge is 2.13. The zero-order chi connectivity index (χ0) is 16.2. The Bertz CT molecular complexity index is 914. The van der Waals surface area contributed by atoms with Crippen molar-refractivity contribution in [2.75, 3.05) is 0 Å². The van der Waals surface area contributed by atoms with Crippen LogP contribution < -0.4 is 0 Å². The van der Waals surface area contributed by atoms with Crippen molar-refractivity contribution in [2.45, 2.75) is 6.54 Å². The molecule has 116 valence electrons. The second-order valence-electron chi connectivity index (χ2n) is 5.65. The Morgan fingerprint density at radius 2 is 1.46 bits per heavy atom. The third-order valence-corrected chi connectivity index (χ3v) is 4.07. The van der Waals surface area contributed by atoms with Gasteiger partial charge in [-0.05, 0) is 22.8 Å². The Hall–Kier alpha value is -3.20. The SMILES string of the molecule is c1ccc(-c2ccnc(Cn3ccnc3)c2-c2ccccc2)cc1. The number of pyridine rings is 1. The monoisotopic (exact) mass is 311 g/mol. The van der Waals surface area contributed by atoms with E-state index in [4.69, 9.17) is 0 Å². The molecule has 0 bridgehead atoms. The van der Waals surface area contributed by atoms with Gasteiger partial charge in [-0.3, -0.25) is 4.98 Å². The second-order valence-corrected chi connectivity index (χ2v) is 5.65. The van der Waals surface area contributed by atoms with Crippen molar-refractivity contribution in [3.63, 3.8) is 0 Å². The summed E-state index contributed by atoms with van der Waals surface area (Å²) in [5.41, 5.74) is 5.80. The molecule has 4 rings (SSSR count). The smallest absolute Gasteiger partial charge is 0.0949 e. The predicted octanol–water partition coefficient (Wildman–Crippen LogP) is 4.66. The van der Waals surface area contributed by atoms with E-state index in [0.29, 0.717) is 6.54 Å². The van der Waals surface area contributed by atoms with Crippen molar-refractivity contribution >= 4 is 0 Å². The van der Waals surface area contributed by atoms with Crippen LogP contribution in [-0.2, 0) is 6.54 Å².